The SMILES string of the molecule is CCC(C)(C)C(=O)NCCCOc1ccc2c(c1)OC(=O)C1C2(C)C2C(=O)Oc3cc(OCCCNC(=O)C(C)(CC(C)(C)C(=O)NCC[NH3+])CC(C)(CC)C(=O)NCCCOc4ccc5c(C)cc(=O)oc5c4)ccc3C12C. The van der Waals surface area contributed by atoms with Crippen LogP contribution in [0.5, 0.6) is 28.7 Å². The van der Waals surface area contributed by atoms with Gasteiger partial charge in [-0.25, -0.2) is 4.79 Å². The molecule has 428 valence electrons. The highest BCUT2D eigenvalue weighted by Gasteiger charge is 2.77. The summed E-state index contributed by atoms with van der Waals surface area (Å²) >= 11 is 0. The van der Waals surface area contributed by atoms with Crippen molar-refractivity contribution < 1.29 is 62.6 Å². The second kappa shape index (κ2) is 23.8. The number of nitrogens with one attached hydrogen (secondary N) is 4. The first-order chi connectivity index (χ1) is 37.3. The third-order valence-corrected chi connectivity index (χ3v) is 17.0. The summed E-state index contributed by atoms with van der Waals surface area (Å²) in [7, 11) is 0. The van der Waals surface area contributed by atoms with E-state index in [1.807, 2.05) is 92.6 Å². The largest absolute Gasteiger partial charge is 0.493 e. The molecule has 0 radical (unpaired) electrons. The smallest absolute Gasteiger partial charge is 0.336 e. The molecule has 0 bridgehead atoms. The quantitative estimate of drug-likeness (QED) is 0.0179. The first-order valence-corrected chi connectivity index (χ1v) is 27.9. The van der Waals surface area contributed by atoms with E-state index in [4.69, 9.17) is 28.1 Å². The Kier molecular flexibility index (Phi) is 18.0. The molecule has 4 amide bonds. The molecule has 3 aliphatic rings. The molecule has 3 heterocycles. The number of hydrogen-bond donors (Lipinski definition) is 5. The van der Waals surface area contributed by atoms with Gasteiger partial charge in [-0.3, -0.25) is 28.8 Å². The molecule has 1 aliphatic carbocycles. The normalized spacial score (nSPS) is 20.7. The van der Waals surface area contributed by atoms with Crippen LogP contribution in [-0.4, -0.2) is 88.1 Å². The molecule has 7 rings (SSSR count). The lowest BCUT2D eigenvalue weighted by atomic mass is 9.35. The Balaban J connectivity index is 0.940. The lowest BCUT2D eigenvalue weighted by molar-refractivity contribution is -0.364. The molecular formula is C61H82N5O13+. The maximum atomic E-state index is 14.4. The standard InChI is InChI=1S/C61H81N5O13/c1-12-56(4,5)52(70)63-24-14-28-75-39-18-21-42-45(33-39)78-50(68)48-60(42,10)49-51(69)79-46-34-40(19-22-43(46)61(48,49)11)76-30-16-26-65-55(73)59(9,35-57(6,7)53(71)66-27-23-62)36-58(8,13-2)54(72)64-25-15-29-74-38-17-20-41-37(3)31-47(67)77-44(41)32-38/h17-22,31-34,48-49H,12-16,23-30,35-36,62H2,1-11H3,(H,63,70)(H,64,72)(H,65,73)(H,66,71)/p+1. The summed E-state index contributed by atoms with van der Waals surface area (Å²) in [4.78, 5) is 94.3. The fourth-order valence-electron chi connectivity index (χ4n) is 12.2. The number of esters is 2. The average molecular weight is 1090 g/mol. The van der Waals surface area contributed by atoms with Gasteiger partial charge in [-0.1, -0.05) is 81.4 Å². The van der Waals surface area contributed by atoms with Crippen molar-refractivity contribution in [1.29, 1.82) is 0 Å². The number of carbonyl (C=O) groups is 6. The van der Waals surface area contributed by atoms with E-state index in [-0.39, 0.29) is 49.6 Å². The van der Waals surface area contributed by atoms with Crippen LogP contribution in [0.3, 0.4) is 0 Å². The Bertz CT molecular complexity index is 3010. The Morgan fingerprint density at radius 3 is 1.49 bits per heavy atom. The van der Waals surface area contributed by atoms with Crippen molar-refractivity contribution in [3.63, 3.8) is 0 Å². The maximum absolute atomic E-state index is 14.4. The van der Waals surface area contributed by atoms with E-state index in [0.29, 0.717) is 105 Å². The van der Waals surface area contributed by atoms with Gasteiger partial charge in [0.15, 0.2) is 0 Å². The van der Waals surface area contributed by atoms with Crippen molar-refractivity contribution in [2.75, 3.05) is 52.5 Å². The van der Waals surface area contributed by atoms with Gasteiger partial charge in [0.05, 0.1) is 44.7 Å². The number of benzene rings is 3. The van der Waals surface area contributed by atoms with Gasteiger partial charge in [-0.05, 0) is 81.7 Å². The van der Waals surface area contributed by atoms with E-state index in [0.717, 1.165) is 22.9 Å². The molecule has 7 N–H and O–H groups in total. The highest BCUT2D eigenvalue weighted by Crippen LogP contribution is 2.71. The van der Waals surface area contributed by atoms with Crippen molar-refractivity contribution in [3.05, 3.63) is 87.8 Å². The van der Waals surface area contributed by atoms with Gasteiger partial charge in [0.25, 0.3) is 0 Å². The van der Waals surface area contributed by atoms with Crippen molar-refractivity contribution in [2.24, 2.45) is 33.5 Å². The lowest BCUT2D eigenvalue weighted by Crippen LogP contribution is -2.75. The minimum absolute atomic E-state index is 0.00596. The number of aryl methyl sites for hydroxylation is 1. The van der Waals surface area contributed by atoms with Crippen LogP contribution in [0.4, 0.5) is 0 Å². The predicted molar refractivity (Wildman–Crippen MR) is 297 cm³/mol. The topological polar surface area (TPSA) is 255 Å². The molecule has 1 fully saturated rings. The Morgan fingerprint density at radius 2 is 1.01 bits per heavy atom. The molecule has 18 heteroatoms. The molecular weight excluding hydrogens is 1010 g/mol. The fraction of sp³-hybridized carbons (Fsp3) is 0.557. The summed E-state index contributed by atoms with van der Waals surface area (Å²) in [6.07, 6.45) is 2.95. The second-order valence-corrected chi connectivity index (χ2v) is 23.9. The summed E-state index contributed by atoms with van der Waals surface area (Å²) in [6.45, 7) is 23.4. The van der Waals surface area contributed by atoms with Crippen LogP contribution >= 0.6 is 0 Å². The number of rotatable bonds is 27. The van der Waals surface area contributed by atoms with Crippen molar-refractivity contribution in [1.82, 2.24) is 21.3 Å². The molecule has 4 aromatic rings. The van der Waals surface area contributed by atoms with E-state index < -0.39 is 61.9 Å². The van der Waals surface area contributed by atoms with Crippen LogP contribution < -0.4 is 56.3 Å². The zero-order valence-corrected chi connectivity index (χ0v) is 48.0. The molecule has 79 heavy (non-hydrogen) atoms. The summed E-state index contributed by atoms with van der Waals surface area (Å²) in [5.41, 5.74) is 0.668. The van der Waals surface area contributed by atoms with E-state index in [2.05, 4.69) is 27.0 Å². The van der Waals surface area contributed by atoms with Gasteiger partial charge in [0.2, 0.25) is 23.6 Å². The molecule has 6 unspecified atom stereocenters. The fourth-order valence-corrected chi connectivity index (χ4v) is 12.2. The summed E-state index contributed by atoms with van der Waals surface area (Å²) in [6, 6.07) is 17.4. The Morgan fingerprint density at radius 1 is 0.570 bits per heavy atom. The van der Waals surface area contributed by atoms with Gasteiger partial charge in [-0.15, -0.1) is 0 Å². The van der Waals surface area contributed by atoms with Crippen LogP contribution in [0.1, 0.15) is 131 Å². The molecule has 3 aromatic carbocycles. The van der Waals surface area contributed by atoms with E-state index in [1.165, 1.54) is 6.07 Å². The molecule has 18 nitrogen and oxygen atoms in total. The monoisotopic (exact) mass is 1090 g/mol. The van der Waals surface area contributed by atoms with Crippen molar-refractivity contribution >= 4 is 46.5 Å². The van der Waals surface area contributed by atoms with Gasteiger partial charge >= 0.3 is 17.6 Å². The van der Waals surface area contributed by atoms with Gasteiger partial charge in [0.1, 0.15) is 34.3 Å². The average Bonchev–Trinajstić information content (AvgIpc) is 3.54. The molecule has 1 aromatic heterocycles. The zero-order valence-electron chi connectivity index (χ0n) is 48.0. The minimum atomic E-state index is -1.16. The number of ether oxygens (including phenoxy) is 5. The van der Waals surface area contributed by atoms with Crippen LogP contribution in [0.15, 0.2) is 69.9 Å². The van der Waals surface area contributed by atoms with Crippen LogP contribution in [-0.2, 0) is 39.6 Å². The maximum Gasteiger partial charge on any atom is 0.336 e. The highest BCUT2D eigenvalue weighted by atomic mass is 16.5. The third kappa shape index (κ3) is 12.3. The summed E-state index contributed by atoms with van der Waals surface area (Å²) in [5.74, 6) is -0.881. The number of carbonyl (C=O) groups excluding carboxylic acids is 6. The zero-order chi connectivity index (χ0) is 57.7. The summed E-state index contributed by atoms with van der Waals surface area (Å²) in [5, 5.41) is 12.8. The highest BCUT2D eigenvalue weighted by molar-refractivity contribution is 5.95. The second-order valence-electron chi connectivity index (χ2n) is 23.9. The Labute approximate surface area is 463 Å². The number of hydrogen-bond acceptors (Lipinski definition) is 13. The number of fused-ring (bicyclic) bond motifs is 9. The Hall–Kier alpha value is -6.95. The number of amides is 4. The van der Waals surface area contributed by atoms with E-state index in [9.17, 15) is 33.6 Å². The van der Waals surface area contributed by atoms with Crippen LogP contribution in [0.2, 0.25) is 0 Å². The summed E-state index contributed by atoms with van der Waals surface area (Å²) < 4.78 is 35.4. The third-order valence-electron chi connectivity index (χ3n) is 17.0. The van der Waals surface area contributed by atoms with E-state index in [1.54, 1.807) is 38.1 Å². The molecule has 1 saturated carbocycles. The van der Waals surface area contributed by atoms with Crippen molar-refractivity contribution in [2.45, 2.75) is 132 Å². The predicted octanol–water partition coefficient (Wildman–Crippen LogP) is 6.78. The van der Waals surface area contributed by atoms with Crippen molar-refractivity contribution in [3.8, 4) is 28.7 Å². The number of quaternary nitrogens is 1. The molecule has 0 saturated heterocycles. The van der Waals surface area contributed by atoms with Crippen LogP contribution in [0.25, 0.3) is 11.0 Å². The molecule has 6 atom stereocenters. The first-order valence-electron chi connectivity index (χ1n) is 27.9. The van der Waals surface area contributed by atoms with Crippen LogP contribution in [0, 0.1) is 40.4 Å². The minimum Gasteiger partial charge on any atom is -0.493 e. The first kappa shape index (κ1) is 59.7. The lowest BCUT2D eigenvalue weighted by Gasteiger charge is -2.66. The van der Waals surface area contributed by atoms with E-state index >= 15 is 0 Å². The van der Waals surface area contributed by atoms with Gasteiger partial charge < -0.3 is 55.1 Å². The molecule has 2 aliphatic heterocycles. The van der Waals surface area contributed by atoms with Gasteiger partial charge in [0, 0.05) is 92.9 Å². The van der Waals surface area contributed by atoms with Gasteiger partial charge in [-0.2, -0.15) is 0 Å². The molecule has 0 spiro atoms.